The van der Waals surface area contributed by atoms with Crippen LogP contribution in [0.1, 0.15) is 41.0 Å². The number of hydrogen-bond acceptors (Lipinski definition) is 4. The maximum Gasteiger partial charge on any atom is 0.410 e. The van der Waals surface area contributed by atoms with Gasteiger partial charge in [-0.15, -0.1) is 0 Å². The molecule has 0 bridgehead atoms. The van der Waals surface area contributed by atoms with E-state index in [1.165, 1.54) is 0 Å². The Kier molecular flexibility index (Phi) is 4.64. The van der Waals surface area contributed by atoms with Gasteiger partial charge in [-0.1, -0.05) is 13.8 Å². The van der Waals surface area contributed by atoms with E-state index in [0.29, 0.717) is 32.1 Å². The average Bonchev–Trinajstić information content (AvgIpc) is 2.98. The standard InChI is InChI=1S/C18H31N3O4/c1-17(2,3)25-16(23)21-9-7-20(8-10-21)15(22)19-13-12-6-11-24-14(12)18(13,4)5/h12-14H,6-11H2,1-5H3,(H,19,22)/t12-,13-,14+/m1/s1. The molecule has 3 fully saturated rings. The summed E-state index contributed by atoms with van der Waals surface area (Å²) in [4.78, 5) is 28.2. The molecule has 3 atom stereocenters. The fourth-order valence-corrected chi connectivity index (χ4v) is 4.26. The highest BCUT2D eigenvalue weighted by molar-refractivity contribution is 5.75. The van der Waals surface area contributed by atoms with Gasteiger partial charge in [-0.3, -0.25) is 0 Å². The van der Waals surface area contributed by atoms with Gasteiger partial charge in [0.05, 0.1) is 6.10 Å². The molecule has 0 spiro atoms. The number of ether oxygens (including phenoxy) is 2. The van der Waals surface area contributed by atoms with Crippen LogP contribution in [-0.2, 0) is 9.47 Å². The minimum atomic E-state index is -0.499. The van der Waals surface area contributed by atoms with Crippen LogP contribution < -0.4 is 5.32 Å². The van der Waals surface area contributed by atoms with Crippen LogP contribution in [0.25, 0.3) is 0 Å². The Labute approximate surface area is 150 Å². The van der Waals surface area contributed by atoms with Gasteiger partial charge in [-0.25, -0.2) is 9.59 Å². The predicted molar refractivity (Wildman–Crippen MR) is 93.3 cm³/mol. The van der Waals surface area contributed by atoms with E-state index < -0.39 is 5.60 Å². The minimum Gasteiger partial charge on any atom is -0.444 e. The molecule has 2 aliphatic heterocycles. The molecule has 0 aromatic heterocycles. The molecule has 2 heterocycles. The van der Waals surface area contributed by atoms with Gasteiger partial charge in [0.1, 0.15) is 5.60 Å². The van der Waals surface area contributed by atoms with Crippen molar-refractivity contribution in [2.24, 2.45) is 11.3 Å². The second-order valence-electron chi connectivity index (χ2n) is 8.95. The lowest BCUT2D eigenvalue weighted by atomic mass is 9.57. The van der Waals surface area contributed by atoms with Crippen molar-refractivity contribution in [3.63, 3.8) is 0 Å². The number of nitrogens with zero attached hydrogens (tertiary/aromatic N) is 2. The Balaban J connectivity index is 1.48. The van der Waals surface area contributed by atoms with Gasteiger partial charge in [-0.05, 0) is 27.2 Å². The van der Waals surface area contributed by atoms with Crippen LogP contribution in [0.5, 0.6) is 0 Å². The van der Waals surface area contributed by atoms with Crippen molar-refractivity contribution in [1.29, 1.82) is 0 Å². The summed E-state index contributed by atoms with van der Waals surface area (Å²) in [6.07, 6.45) is 0.978. The Hall–Kier alpha value is -1.50. The van der Waals surface area contributed by atoms with E-state index in [0.717, 1.165) is 13.0 Å². The van der Waals surface area contributed by atoms with Crippen LogP contribution in [0.3, 0.4) is 0 Å². The van der Waals surface area contributed by atoms with E-state index in [1.807, 2.05) is 20.8 Å². The molecule has 1 N–H and O–H groups in total. The monoisotopic (exact) mass is 353 g/mol. The molecule has 1 saturated carbocycles. The molecule has 3 rings (SSSR count). The lowest BCUT2D eigenvalue weighted by Crippen LogP contribution is -2.68. The van der Waals surface area contributed by atoms with Crippen molar-refractivity contribution in [2.75, 3.05) is 32.8 Å². The molecule has 0 aromatic rings. The number of amides is 3. The Bertz CT molecular complexity index is 535. The SMILES string of the molecule is CC(C)(C)OC(=O)N1CCN(C(=O)N[C@@H]2[C@H]3CCO[C@@H]3C2(C)C)CC1. The normalized spacial score (nSPS) is 31.2. The number of nitrogens with one attached hydrogen (secondary N) is 1. The van der Waals surface area contributed by atoms with Gasteiger partial charge in [0, 0.05) is 50.2 Å². The van der Waals surface area contributed by atoms with E-state index in [4.69, 9.17) is 9.47 Å². The highest BCUT2D eigenvalue weighted by Gasteiger charge is 2.60. The topological polar surface area (TPSA) is 71.1 Å². The molecule has 0 aromatic carbocycles. The van der Waals surface area contributed by atoms with Gasteiger partial charge < -0.3 is 24.6 Å². The molecular weight excluding hydrogens is 322 g/mol. The summed E-state index contributed by atoms with van der Waals surface area (Å²) in [6.45, 7) is 12.7. The first kappa shape index (κ1) is 18.3. The maximum absolute atomic E-state index is 12.6. The highest BCUT2D eigenvalue weighted by Crippen LogP contribution is 2.52. The number of piperazine rings is 1. The van der Waals surface area contributed by atoms with Crippen LogP contribution in [-0.4, -0.2) is 72.5 Å². The third-order valence-electron chi connectivity index (χ3n) is 5.60. The minimum absolute atomic E-state index is 0.0187. The van der Waals surface area contributed by atoms with Crippen molar-refractivity contribution in [3.05, 3.63) is 0 Å². The lowest BCUT2D eigenvalue weighted by Gasteiger charge is -2.55. The number of carbonyl (C=O) groups excluding carboxylic acids is 2. The number of urea groups is 1. The molecule has 25 heavy (non-hydrogen) atoms. The first-order chi connectivity index (χ1) is 11.6. The lowest BCUT2D eigenvalue weighted by molar-refractivity contribution is -0.109. The highest BCUT2D eigenvalue weighted by atomic mass is 16.6. The summed E-state index contributed by atoms with van der Waals surface area (Å²) in [5.41, 5.74) is -0.517. The molecule has 0 radical (unpaired) electrons. The predicted octanol–water partition coefficient (Wildman–Crippen LogP) is 2.06. The molecule has 1 aliphatic carbocycles. The molecule has 7 heteroatoms. The molecular formula is C18H31N3O4. The van der Waals surface area contributed by atoms with Crippen LogP contribution in [0, 0.1) is 11.3 Å². The van der Waals surface area contributed by atoms with E-state index in [9.17, 15) is 9.59 Å². The molecule has 0 unspecified atom stereocenters. The molecule has 3 aliphatic rings. The van der Waals surface area contributed by atoms with Gasteiger partial charge >= 0.3 is 12.1 Å². The summed E-state index contributed by atoms with van der Waals surface area (Å²) in [5, 5.41) is 3.20. The van der Waals surface area contributed by atoms with Crippen molar-refractivity contribution in [1.82, 2.24) is 15.1 Å². The van der Waals surface area contributed by atoms with Gasteiger partial charge in [-0.2, -0.15) is 0 Å². The van der Waals surface area contributed by atoms with Gasteiger partial charge in [0.2, 0.25) is 0 Å². The number of fused-ring (bicyclic) bond motifs is 1. The fourth-order valence-electron chi connectivity index (χ4n) is 4.26. The van der Waals surface area contributed by atoms with Crippen LogP contribution in [0.4, 0.5) is 9.59 Å². The van der Waals surface area contributed by atoms with Gasteiger partial charge in [0.25, 0.3) is 0 Å². The number of rotatable bonds is 1. The van der Waals surface area contributed by atoms with Crippen molar-refractivity contribution >= 4 is 12.1 Å². The van der Waals surface area contributed by atoms with E-state index >= 15 is 0 Å². The molecule has 142 valence electrons. The van der Waals surface area contributed by atoms with Crippen LogP contribution >= 0.6 is 0 Å². The van der Waals surface area contributed by atoms with Crippen molar-refractivity contribution in [2.45, 2.75) is 58.8 Å². The summed E-state index contributed by atoms with van der Waals surface area (Å²) < 4.78 is 11.2. The summed E-state index contributed by atoms with van der Waals surface area (Å²) in [7, 11) is 0. The zero-order valence-corrected chi connectivity index (χ0v) is 16.0. The summed E-state index contributed by atoms with van der Waals surface area (Å²) in [6, 6.07) is 0.128. The molecule has 3 amide bonds. The van der Waals surface area contributed by atoms with E-state index in [1.54, 1.807) is 9.80 Å². The Morgan fingerprint density at radius 3 is 2.32 bits per heavy atom. The van der Waals surface area contributed by atoms with E-state index in [-0.39, 0.29) is 29.7 Å². The quantitative estimate of drug-likeness (QED) is 0.783. The van der Waals surface area contributed by atoms with Crippen LogP contribution in [0.2, 0.25) is 0 Å². The molecule has 2 saturated heterocycles. The number of hydrogen-bond donors (Lipinski definition) is 1. The second-order valence-corrected chi connectivity index (χ2v) is 8.95. The maximum atomic E-state index is 12.6. The smallest absolute Gasteiger partial charge is 0.410 e. The molecule has 7 nitrogen and oxygen atoms in total. The zero-order valence-electron chi connectivity index (χ0n) is 16.0. The first-order valence-corrected chi connectivity index (χ1v) is 9.24. The summed E-state index contributed by atoms with van der Waals surface area (Å²) in [5.74, 6) is 0.432. The van der Waals surface area contributed by atoms with Crippen molar-refractivity contribution < 1.29 is 19.1 Å². The second kappa shape index (κ2) is 6.34. The average molecular weight is 353 g/mol. The van der Waals surface area contributed by atoms with Gasteiger partial charge in [0.15, 0.2) is 0 Å². The van der Waals surface area contributed by atoms with Crippen LogP contribution in [0.15, 0.2) is 0 Å². The Morgan fingerprint density at radius 1 is 1.12 bits per heavy atom. The summed E-state index contributed by atoms with van der Waals surface area (Å²) >= 11 is 0. The zero-order chi connectivity index (χ0) is 18.4. The fraction of sp³-hybridized carbons (Fsp3) is 0.889. The number of carbonyl (C=O) groups is 2. The largest absolute Gasteiger partial charge is 0.444 e. The Morgan fingerprint density at radius 2 is 1.72 bits per heavy atom. The third-order valence-corrected chi connectivity index (χ3v) is 5.60. The van der Waals surface area contributed by atoms with Crippen molar-refractivity contribution in [3.8, 4) is 0 Å². The third kappa shape index (κ3) is 3.57. The van der Waals surface area contributed by atoms with E-state index in [2.05, 4.69) is 19.2 Å². The first-order valence-electron chi connectivity index (χ1n) is 9.24.